The molecule has 1 unspecified atom stereocenters. The average Bonchev–Trinajstić information content (AvgIpc) is 2.26. The Morgan fingerprint density at radius 2 is 2.25 bits per heavy atom. The summed E-state index contributed by atoms with van der Waals surface area (Å²) in [6.45, 7) is 4.66. The first-order valence-corrected chi connectivity index (χ1v) is 6.00. The molecule has 0 spiro atoms. The van der Waals surface area contributed by atoms with Crippen molar-refractivity contribution in [1.29, 1.82) is 0 Å². The summed E-state index contributed by atoms with van der Waals surface area (Å²) in [6.07, 6.45) is 1.00. The third kappa shape index (κ3) is 3.57. The topological polar surface area (TPSA) is 55.2 Å². The molecule has 1 aromatic carbocycles. The third-order valence-corrected chi connectivity index (χ3v) is 2.99. The Labute approximate surface area is 103 Å². The molecule has 0 aromatic heterocycles. The molecule has 0 saturated heterocycles. The van der Waals surface area contributed by atoms with E-state index in [1.54, 1.807) is 6.07 Å². The molecule has 0 amide bonds. The lowest BCUT2D eigenvalue weighted by Gasteiger charge is -2.11. The van der Waals surface area contributed by atoms with Gasteiger partial charge in [-0.2, -0.15) is 0 Å². The van der Waals surface area contributed by atoms with Gasteiger partial charge in [-0.05, 0) is 25.5 Å². The molecular weight excluding hydrogens is 272 g/mol. The predicted octanol–water partition coefficient (Wildman–Crippen LogP) is 3.25. The lowest BCUT2D eigenvalue weighted by Crippen LogP contribution is -2.24. The van der Waals surface area contributed by atoms with Crippen LogP contribution in [0.3, 0.4) is 0 Å². The number of nitrogens with one attached hydrogen (secondary N) is 1. The van der Waals surface area contributed by atoms with Crippen molar-refractivity contribution in [3.8, 4) is 0 Å². The van der Waals surface area contributed by atoms with Crippen LogP contribution in [0.1, 0.15) is 25.8 Å². The molecular formula is C11H15BrN2O2. The van der Waals surface area contributed by atoms with Crippen LogP contribution >= 0.6 is 15.9 Å². The van der Waals surface area contributed by atoms with Crippen LogP contribution in [0.15, 0.2) is 22.7 Å². The second-order valence-electron chi connectivity index (χ2n) is 3.72. The zero-order valence-corrected chi connectivity index (χ0v) is 11.0. The zero-order valence-electron chi connectivity index (χ0n) is 9.37. The van der Waals surface area contributed by atoms with E-state index in [9.17, 15) is 10.1 Å². The first-order valence-electron chi connectivity index (χ1n) is 5.20. The van der Waals surface area contributed by atoms with E-state index in [4.69, 9.17) is 0 Å². The molecule has 16 heavy (non-hydrogen) atoms. The SMILES string of the molecule is CCC(C)NCc1ccc(Br)cc1[N+](=O)[O-]. The maximum Gasteiger partial charge on any atom is 0.275 e. The highest BCUT2D eigenvalue weighted by molar-refractivity contribution is 9.10. The Bertz CT molecular complexity index is 382. The Morgan fingerprint density at radius 1 is 1.56 bits per heavy atom. The highest BCUT2D eigenvalue weighted by Gasteiger charge is 2.14. The lowest BCUT2D eigenvalue weighted by molar-refractivity contribution is -0.385. The van der Waals surface area contributed by atoms with E-state index in [1.807, 2.05) is 6.07 Å². The van der Waals surface area contributed by atoms with Crippen LogP contribution in [0.4, 0.5) is 5.69 Å². The van der Waals surface area contributed by atoms with Gasteiger partial charge in [0.15, 0.2) is 0 Å². The van der Waals surface area contributed by atoms with Gasteiger partial charge < -0.3 is 5.32 Å². The van der Waals surface area contributed by atoms with Crippen molar-refractivity contribution in [3.63, 3.8) is 0 Å². The second-order valence-corrected chi connectivity index (χ2v) is 4.64. The smallest absolute Gasteiger partial charge is 0.275 e. The quantitative estimate of drug-likeness (QED) is 0.668. The molecule has 0 aliphatic rings. The average molecular weight is 287 g/mol. The van der Waals surface area contributed by atoms with Crippen molar-refractivity contribution in [2.45, 2.75) is 32.9 Å². The van der Waals surface area contributed by atoms with E-state index in [2.05, 4.69) is 35.1 Å². The van der Waals surface area contributed by atoms with Gasteiger partial charge in [0.25, 0.3) is 5.69 Å². The molecule has 0 fully saturated rings. The van der Waals surface area contributed by atoms with Crippen LogP contribution in [0.25, 0.3) is 0 Å². The Kier molecular flexibility index (Phi) is 4.89. The molecule has 5 heteroatoms. The van der Waals surface area contributed by atoms with Gasteiger partial charge in [0, 0.05) is 28.7 Å². The molecule has 0 aliphatic carbocycles. The minimum Gasteiger partial charge on any atom is -0.310 e. The van der Waals surface area contributed by atoms with Crippen molar-refractivity contribution in [2.24, 2.45) is 0 Å². The van der Waals surface area contributed by atoms with Crippen LogP contribution in [0.5, 0.6) is 0 Å². The number of nitro groups is 1. The first-order chi connectivity index (χ1) is 7.54. The normalized spacial score (nSPS) is 12.4. The molecule has 1 aromatic rings. The van der Waals surface area contributed by atoms with E-state index in [0.717, 1.165) is 10.9 Å². The summed E-state index contributed by atoms with van der Waals surface area (Å²) >= 11 is 3.23. The number of halogens is 1. The summed E-state index contributed by atoms with van der Waals surface area (Å²) in [5, 5.41) is 14.1. The van der Waals surface area contributed by atoms with Crippen LogP contribution in [-0.4, -0.2) is 11.0 Å². The van der Waals surface area contributed by atoms with Crippen LogP contribution in [0, 0.1) is 10.1 Å². The molecule has 0 radical (unpaired) electrons. The van der Waals surface area contributed by atoms with Crippen molar-refractivity contribution in [2.75, 3.05) is 0 Å². The summed E-state index contributed by atoms with van der Waals surface area (Å²) < 4.78 is 0.728. The van der Waals surface area contributed by atoms with Gasteiger partial charge in [0.2, 0.25) is 0 Å². The van der Waals surface area contributed by atoms with Crippen LogP contribution in [-0.2, 0) is 6.54 Å². The predicted molar refractivity (Wildman–Crippen MR) is 67.4 cm³/mol. The molecule has 88 valence electrons. The fourth-order valence-corrected chi connectivity index (χ4v) is 1.63. The van der Waals surface area contributed by atoms with Gasteiger partial charge in [-0.1, -0.05) is 22.9 Å². The van der Waals surface area contributed by atoms with E-state index in [0.29, 0.717) is 18.2 Å². The number of nitro benzene ring substituents is 1. The van der Waals surface area contributed by atoms with Gasteiger partial charge in [-0.15, -0.1) is 0 Å². The van der Waals surface area contributed by atoms with Crippen molar-refractivity contribution in [3.05, 3.63) is 38.3 Å². The standard InChI is InChI=1S/C11H15BrN2O2/c1-3-8(2)13-7-9-4-5-10(12)6-11(9)14(15)16/h4-6,8,13H,3,7H2,1-2H3. The summed E-state index contributed by atoms with van der Waals surface area (Å²) in [7, 11) is 0. The van der Waals surface area contributed by atoms with E-state index < -0.39 is 0 Å². The monoisotopic (exact) mass is 286 g/mol. The van der Waals surface area contributed by atoms with Gasteiger partial charge in [0.05, 0.1) is 4.92 Å². The minimum absolute atomic E-state index is 0.158. The molecule has 4 nitrogen and oxygen atoms in total. The number of benzene rings is 1. The fraction of sp³-hybridized carbons (Fsp3) is 0.455. The summed E-state index contributed by atoms with van der Waals surface area (Å²) in [6, 6.07) is 5.49. The lowest BCUT2D eigenvalue weighted by atomic mass is 10.1. The van der Waals surface area contributed by atoms with E-state index >= 15 is 0 Å². The highest BCUT2D eigenvalue weighted by Crippen LogP contribution is 2.23. The Balaban J connectivity index is 2.82. The van der Waals surface area contributed by atoms with Crippen molar-refractivity contribution < 1.29 is 4.92 Å². The van der Waals surface area contributed by atoms with E-state index in [1.165, 1.54) is 6.07 Å². The Hall–Kier alpha value is -0.940. The fourth-order valence-electron chi connectivity index (χ4n) is 1.28. The molecule has 0 heterocycles. The van der Waals surface area contributed by atoms with Gasteiger partial charge in [-0.25, -0.2) is 0 Å². The van der Waals surface area contributed by atoms with Crippen LogP contribution < -0.4 is 5.32 Å². The van der Waals surface area contributed by atoms with E-state index in [-0.39, 0.29) is 10.6 Å². The maximum atomic E-state index is 10.8. The minimum atomic E-state index is -0.349. The summed E-state index contributed by atoms with van der Waals surface area (Å²) in [4.78, 5) is 10.5. The van der Waals surface area contributed by atoms with Gasteiger partial charge in [0.1, 0.15) is 0 Å². The molecule has 1 atom stereocenters. The highest BCUT2D eigenvalue weighted by atomic mass is 79.9. The number of rotatable bonds is 5. The first kappa shape index (κ1) is 13.1. The van der Waals surface area contributed by atoms with Gasteiger partial charge >= 0.3 is 0 Å². The Morgan fingerprint density at radius 3 is 2.81 bits per heavy atom. The third-order valence-electron chi connectivity index (χ3n) is 2.50. The van der Waals surface area contributed by atoms with Gasteiger partial charge in [-0.3, -0.25) is 10.1 Å². The summed E-state index contributed by atoms with van der Waals surface area (Å²) in [5.41, 5.74) is 0.874. The molecule has 0 saturated carbocycles. The van der Waals surface area contributed by atoms with Crippen molar-refractivity contribution in [1.82, 2.24) is 5.32 Å². The number of hydrogen-bond acceptors (Lipinski definition) is 3. The molecule has 0 bridgehead atoms. The largest absolute Gasteiger partial charge is 0.310 e. The second kappa shape index (κ2) is 5.96. The number of nitrogens with zero attached hydrogens (tertiary/aromatic N) is 1. The van der Waals surface area contributed by atoms with Crippen LogP contribution in [0.2, 0.25) is 0 Å². The molecule has 1 N–H and O–H groups in total. The molecule has 0 aliphatic heterocycles. The maximum absolute atomic E-state index is 10.8. The van der Waals surface area contributed by atoms with Crippen molar-refractivity contribution >= 4 is 21.6 Å². The molecule has 1 rings (SSSR count). The summed E-state index contributed by atoms with van der Waals surface area (Å²) in [5.74, 6) is 0. The number of hydrogen-bond donors (Lipinski definition) is 1. The zero-order chi connectivity index (χ0) is 12.1.